The van der Waals surface area contributed by atoms with Crippen LogP contribution in [0.1, 0.15) is 23.2 Å². The molecule has 1 aliphatic heterocycles. The molecule has 13 heteroatoms. The zero-order valence-corrected chi connectivity index (χ0v) is 20.7. The Kier molecular flexibility index (Phi) is 8.08. The number of ether oxygens (including phenoxy) is 1. The minimum atomic E-state index is -4.95. The molecule has 1 fully saturated rings. The molecule has 0 spiro atoms. The van der Waals surface area contributed by atoms with Crippen molar-refractivity contribution in [3.8, 4) is 5.75 Å². The number of aromatic nitrogens is 1. The van der Waals surface area contributed by atoms with Crippen LogP contribution in [0.3, 0.4) is 0 Å². The van der Waals surface area contributed by atoms with E-state index in [0.29, 0.717) is 11.6 Å². The average molecular weight is 576 g/mol. The van der Waals surface area contributed by atoms with Crippen molar-refractivity contribution in [3.63, 3.8) is 0 Å². The number of pyridine rings is 1. The molecular weight excluding hydrogens is 555 g/mol. The molecule has 1 aliphatic rings. The Bertz CT molecular complexity index is 1310. The fourth-order valence-electron chi connectivity index (χ4n) is 4.32. The third-order valence-corrected chi connectivity index (χ3v) is 6.34. The van der Waals surface area contributed by atoms with Crippen molar-refractivity contribution in [3.05, 3.63) is 94.5 Å². The molecule has 0 aliphatic carbocycles. The molecule has 0 radical (unpaired) electrons. The predicted octanol–water partition coefficient (Wildman–Crippen LogP) is 5.71. The third kappa shape index (κ3) is 6.62. The van der Waals surface area contributed by atoms with E-state index in [1.54, 1.807) is 30.3 Å². The fraction of sp³-hybridized carbons (Fsp3) is 0.308. The number of carbonyl (C=O) groups excluding carboxylic acids is 1. The van der Waals surface area contributed by atoms with Gasteiger partial charge in [0.2, 0.25) is 5.91 Å². The van der Waals surface area contributed by atoms with Gasteiger partial charge in [-0.3, -0.25) is 15.1 Å². The van der Waals surface area contributed by atoms with Gasteiger partial charge < -0.3 is 10.1 Å². The molecule has 0 bridgehead atoms. The van der Waals surface area contributed by atoms with E-state index in [0.717, 1.165) is 12.1 Å². The van der Waals surface area contributed by atoms with Crippen LogP contribution < -0.4 is 15.4 Å². The number of nitrogens with zero attached hydrogens (tertiary/aromatic N) is 1. The van der Waals surface area contributed by atoms with Gasteiger partial charge in [-0.25, -0.2) is 13.2 Å². The molecule has 1 saturated heterocycles. The van der Waals surface area contributed by atoms with Crippen molar-refractivity contribution >= 4 is 17.5 Å². The van der Waals surface area contributed by atoms with Crippen molar-refractivity contribution in [2.24, 2.45) is 0 Å². The van der Waals surface area contributed by atoms with Crippen molar-refractivity contribution in [2.45, 2.75) is 42.9 Å². The number of carbonyl (C=O) groups is 1. The molecule has 1 amide bonds. The van der Waals surface area contributed by atoms with Gasteiger partial charge in [-0.1, -0.05) is 41.9 Å². The molecule has 0 unspecified atom stereocenters. The lowest BCUT2D eigenvalue weighted by Gasteiger charge is -2.36. The summed E-state index contributed by atoms with van der Waals surface area (Å²) in [5, 5.41) is 5.27. The predicted molar refractivity (Wildman–Crippen MR) is 128 cm³/mol. The number of benzene rings is 2. The van der Waals surface area contributed by atoms with Crippen molar-refractivity contribution < 1.29 is 40.3 Å². The van der Waals surface area contributed by atoms with E-state index < -0.39 is 60.5 Å². The van der Waals surface area contributed by atoms with Crippen LogP contribution in [0, 0.1) is 5.82 Å². The largest absolute Gasteiger partial charge is 0.461 e. The highest BCUT2D eigenvalue weighted by Gasteiger charge is 2.47. The van der Waals surface area contributed by atoms with Crippen molar-refractivity contribution in [2.75, 3.05) is 6.54 Å². The zero-order chi connectivity index (χ0) is 28.4. The summed E-state index contributed by atoms with van der Waals surface area (Å²) in [5.41, 5.74) is -1.52. The number of amides is 1. The standard InChI is InChI=1S/C26H21ClF7N3O2/c27-17-6-7-21(35-13-17)25(11-15-4-2-1-3-5-15,37-22(38)20-12-24(31,32)14-36-20)16-8-18(28)10-19(9-16)39-26(33,34)23(29)30/h1-10,13,20,23,36H,11-12,14H2,(H,37,38)/t20-,25-/m0/s1. The molecule has 2 heterocycles. The van der Waals surface area contributed by atoms with Gasteiger partial charge in [-0.2, -0.15) is 17.6 Å². The van der Waals surface area contributed by atoms with Gasteiger partial charge >= 0.3 is 12.5 Å². The molecule has 5 nitrogen and oxygen atoms in total. The van der Waals surface area contributed by atoms with Crippen LogP contribution in [0.15, 0.2) is 66.9 Å². The summed E-state index contributed by atoms with van der Waals surface area (Å²) < 4.78 is 99.8. The Labute approximate surface area is 223 Å². The Balaban J connectivity index is 1.89. The van der Waals surface area contributed by atoms with Crippen LogP contribution in [0.5, 0.6) is 5.75 Å². The Hall–Kier alpha value is -3.38. The van der Waals surface area contributed by atoms with E-state index in [1.165, 1.54) is 18.3 Å². The minimum Gasteiger partial charge on any atom is -0.428 e. The second kappa shape index (κ2) is 11.0. The van der Waals surface area contributed by atoms with Crippen LogP contribution in [-0.2, 0) is 16.8 Å². The number of nitrogens with one attached hydrogen (secondary N) is 2. The zero-order valence-electron chi connectivity index (χ0n) is 19.9. The van der Waals surface area contributed by atoms with E-state index in [-0.39, 0.29) is 22.7 Å². The summed E-state index contributed by atoms with van der Waals surface area (Å²) in [6, 6.07) is 12.0. The smallest absolute Gasteiger partial charge is 0.428 e. The summed E-state index contributed by atoms with van der Waals surface area (Å²) >= 11 is 5.98. The molecule has 4 rings (SSSR count). The van der Waals surface area contributed by atoms with Crippen molar-refractivity contribution in [1.82, 2.24) is 15.6 Å². The summed E-state index contributed by atoms with van der Waals surface area (Å²) in [5.74, 6) is -6.19. The first-order valence-corrected chi connectivity index (χ1v) is 11.9. The fourth-order valence-corrected chi connectivity index (χ4v) is 4.43. The maximum atomic E-state index is 14.8. The Morgan fingerprint density at radius 1 is 1.15 bits per heavy atom. The molecule has 1 aromatic heterocycles. The van der Waals surface area contributed by atoms with Crippen LogP contribution in [0.4, 0.5) is 30.7 Å². The second-order valence-corrected chi connectivity index (χ2v) is 9.49. The summed E-state index contributed by atoms with van der Waals surface area (Å²) in [4.78, 5) is 17.6. The maximum Gasteiger partial charge on any atom is 0.461 e. The van der Waals surface area contributed by atoms with E-state index >= 15 is 0 Å². The van der Waals surface area contributed by atoms with Crippen LogP contribution >= 0.6 is 11.6 Å². The van der Waals surface area contributed by atoms with Gasteiger partial charge in [0.25, 0.3) is 5.92 Å². The highest BCUT2D eigenvalue weighted by atomic mass is 35.5. The molecule has 208 valence electrons. The molecule has 39 heavy (non-hydrogen) atoms. The Morgan fingerprint density at radius 3 is 2.46 bits per heavy atom. The minimum absolute atomic E-state index is 0.0334. The highest BCUT2D eigenvalue weighted by molar-refractivity contribution is 6.30. The first kappa shape index (κ1) is 28.6. The lowest BCUT2D eigenvalue weighted by molar-refractivity contribution is -0.253. The van der Waals surface area contributed by atoms with Gasteiger partial charge in [-0.15, -0.1) is 0 Å². The number of alkyl halides is 6. The van der Waals surface area contributed by atoms with Crippen LogP contribution in [0.2, 0.25) is 5.02 Å². The second-order valence-electron chi connectivity index (χ2n) is 9.05. The number of hydrogen-bond donors (Lipinski definition) is 2. The summed E-state index contributed by atoms with van der Waals surface area (Å²) in [7, 11) is 0. The van der Waals surface area contributed by atoms with Gasteiger partial charge in [0.05, 0.1) is 23.3 Å². The first-order valence-electron chi connectivity index (χ1n) is 11.5. The van der Waals surface area contributed by atoms with Gasteiger partial charge in [-0.05, 0) is 35.4 Å². The Morgan fingerprint density at radius 2 is 1.87 bits per heavy atom. The average Bonchev–Trinajstić information content (AvgIpc) is 3.23. The van der Waals surface area contributed by atoms with Crippen LogP contribution in [0.25, 0.3) is 0 Å². The summed E-state index contributed by atoms with van der Waals surface area (Å²) in [6.07, 6.45) is -8.95. The van der Waals surface area contributed by atoms with Gasteiger partial charge in [0.1, 0.15) is 17.1 Å². The molecule has 2 aromatic carbocycles. The van der Waals surface area contributed by atoms with E-state index in [1.807, 2.05) is 0 Å². The number of rotatable bonds is 9. The molecule has 2 N–H and O–H groups in total. The maximum absolute atomic E-state index is 14.8. The van der Waals surface area contributed by atoms with Crippen molar-refractivity contribution in [1.29, 1.82) is 0 Å². The van der Waals surface area contributed by atoms with Crippen LogP contribution in [-0.4, -0.2) is 41.9 Å². The third-order valence-electron chi connectivity index (χ3n) is 6.11. The summed E-state index contributed by atoms with van der Waals surface area (Å²) in [6.45, 7) is -0.753. The number of halogens is 8. The molecule has 2 atom stereocenters. The topological polar surface area (TPSA) is 63.2 Å². The SMILES string of the molecule is O=C(N[C@@](Cc1ccccc1)(c1cc(F)cc(OC(F)(F)C(F)F)c1)c1ccc(Cl)cn1)[C@@H]1CC(F)(F)CN1. The lowest BCUT2D eigenvalue weighted by Crippen LogP contribution is -2.54. The quantitative estimate of drug-likeness (QED) is 0.321. The lowest BCUT2D eigenvalue weighted by atomic mass is 9.80. The molecule has 3 aromatic rings. The number of hydrogen-bond acceptors (Lipinski definition) is 4. The first-order chi connectivity index (χ1) is 18.3. The van der Waals surface area contributed by atoms with Gasteiger partial charge in [0, 0.05) is 25.1 Å². The van der Waals surface area contributed by atoms with E-state index in [2.05, 4.69) is 20.4 Å². The van der Waals surface area contributed by atoms with E-state index in [4.69, 9.17) is 11.6 Å². The normalized spacial score (nSPS) is 18.5. The molecule has 0 saturated carbocycles. The van der Waals surface area contributed by atoms with Gasteiger partial charge in [0.15, 0.2) is 0 Å². The molecular formula is C26H21ClF7N3O2. The highest BCUT2D eigenvalue weighted by Crippen LogP contribution is 2.38. The van der Waals surface area contributed by atoms with E-state index in [9.17, 15) is 35.5 Å². The monoisotopic (exact) mass is 575 g/mol.